The van der Waals surface area contributed by atoms with Crippen molar-refractivity contribution < 1.29 is 14.3 Å². The molecule has 2 heterocycles. The van der Waals surface area contributed by atoms with Crippen molar-refractivity contribution in [3.05, 3.63) is 115 Å². The van der Waals surface area contributed by atoms with Gasteiger partial charge in [-0.15, -0.1) is 0 Å². The molecule has 0 fully saturated rings. The number of nitrogens with zero attached hydrogens (tertiary/aromatic N) is 3. The van der Waals surface area contributed by atoms with Crippen molar-refractivity contribution in [2.24, 2.45) is 0 Å². The molecule has 42 heavy (non-hydrogen) atoms. The third-order valence-corrected chi connectivity index (χ3v) is 6.48. The first-order valence-electron chi connectivity index (χ1n) is 13.6. The number of carbonyl (C=O) groups excluding carboxylic acids is 2. The molecule has 1 aliphatic heterocycles. The van der Waals surface area contributed by atoms with E-state index in [-0.39, 0.29) is 11.8 Å². The molecular weight excluding hydrogens is 528 g/mol. The minimum atomic E-state index is -0.315. The van der Waals surface area contributed by atoms with Gasteiger partial charge in [-0.3, -0.25) is 14.5 Å². The highest BCUT2D eigenvalue weighted by molar-refractivity contribution is 6.05. The van der Waals surface area contributed by atoms with E-state index in [4.69, 9.17) is 9.72 Å². The van der Waals surface area contributed by atoms with Gasteiger partial charge in [0.1, 0.15) is 5.75 Å². The van der Waals surface area contributed by atoms with E-state index in [1.165, 1.54) is 6.08 Å². The molecule has 2 amide bonds. The lowest BCUT2D eigenvalue weighted by atomic mass is 10.1. The molecule has 9 nitrogen and oxygen atoms in total. The van der Waals surface area contributed by atoms with Crippen molar-refractivity contribution in [1.82, 2.24) is 14.9 Å². The summed E-state index contributed by atoms with van der Waals surface area (Å²) in [6.07, 6.45) is 7.96. The van der Waals surface area contributed by atoms with E-state index in [0.717, 1.165) is 41.2 Å². The summed E-state index contributed by atoms with van der Waals surface area (Å²) in [7, 11) is 2.04. The molecule has 0 aliphatic carbocycles. The van der Waals surface area contributed by atoms with Crippen LogP contribution in [0.4, 0.5) is 23.0 Å². The van der Waals surface area contributed by atoms with Gasteiger partial charge >= 0.3 is 0 Å². The average Bonchev–Trinajstić information content (AvgIpc) is 2.99. The number of aromatic nitrogens is 2. The number of nitrogens with one attached hydrogen (secondary N) is 3. The molecule has 3 N–H and O–H groups in total. The Hall–Kier alpha value is -5.28. The monoisotopic (exact) mass is 560 g/mol. The van der Waals surface area contributed by atoms with Crippen molar-refractivity contribution in [2.75, 3.05) is 36.1 Å². The number of carbonyl (C=O) groups is 2. The molecule has 1 aromatic heterocycles. The van der Waals surface area contributed by atoms with Crippen LogP contribution in [0.3, 0.4) is 0 Å². The Kier molecular flexibility index (Phi) is 9.00. The van der Waals surface area contributed by atoms with Gasteiger partial charge in [0, 0.05) is 47.5 Å². The van der Waals surface area contributed by atoms with Crippen LogP contribution < -0.4 is 20.7 Å². The average molecular weight is 561 g/mol. The maximum absolute atomic E-state index is 13.1. The van der Waals surface area contributed by atoms with Gasteiger partial charge in [-0.25, -0.2) is 9.97 Å². The van der Waals surface area contributed by atoms with Crippen LogP contribution in [0.5, 0.6) is 5.75 Å². The SMILES string of the molecule is C=CC(=O)Nc1ccc(C(=O)Nc2cc3cc(c2)Nc2nccc(n2)-c2cccc(c2)OCC/C=C/CN(C)C3)cc1. The van der Waals surface area contributed by atoms with Gasteiger partial charge in [0.15, 0.2) is 0 Å². The predicted octanol–water partition coefficient (Wildman–Crippen LogP) is 6.03. The molecule has 0 spiro atoms. The minimum Gasteiger partial charge on any atom is -0.493 e. The molecule has 4 aromatic rings. The summed E-state index contributed by atoms with van der Waals surface area (Å²) in [6.45, 7) is 5.44. The Morgan fingerprint density at radius 2 is 1.86 bits per heavy atom. The first-order chi connectivity index (χ1) is 20.4. The van der Waals surface area contributed by atoms with Gasteiger partial charge in [-0.05, 0) is 85.8 Å². The quantitative estimate of drug-likeness (QED) is 0.206. The molecule has 0 atom stereocenters. The standard InChI is InChI=1S/C33H32N6O3/c1-3-31(40)35-26-12-10-24(11-13-26)32(41)36-27-18-23-19-28(21-27)37-33-34-15-14-30(38-33)25-8-7-9-29(20-25)42-17-6-4-5-16-39(2)22-23/h3-5,7-15,18-21H,1,6,16-17,22H2,2H3,(H,35,40)(H,36,41)(H,34,37,38)/b5-4+. The van der Waals surface area contributed by atoms with Crippen molar-refractivity contribution in [3.63, 3.8) is 0 Å². The first-order valence-corrected chi connectivity index (χ1v) is 13.6. The van der Waals surface area contributed by atoms with E-state index in [9.17, 15) is 9.59 Å². The van der Waals surface area contributed by atoms with E-state index in [1.807, 2.05) is 55.6 Å². The van der Waals surface area contributed by atoms with E-state index >= 15 is 0 Å². The maximum Gasteiger partial charge on any atom is 0.255 e. The van der Waals surface area contributed by atoms with E-state index in [0.29, 0.717) is 36.0 Å². The number of hydrogen-bond donors (Lipinski definition) is 3. The predicted molar refractivity (Wildman–Crippen MR) is 166 cm³/mol. The topological polar surface area (TPSA) is 108 Å². The highest BCUT2D eigenvalue weighted by Crippen LogP contribution is 2.26. The highest BCUT2D eigenvalue weighted by Gasteiger charge is 2.12. The number of rotatable bonds is 4. The van der Waals surface area contributed by atoms with Gasteiger partial charge in [0.25, 0.3) is 5.91 Å². The summed E-state index contributed by atoms with van der Waals surface area (Å²) < 4.78 is 5.95. The Balaban J connectivity index is 1.43. The molecule has 0 saturated carbocycles. The van der Waals surface area contributed by atoms with Crippen LogP contribution in [0, 0.1) is 0 Å². The second-order valence-corrected chi connectivity index (χ2v) is 9.87. The number of hydrogen-bond acceptors (Lipinski definition) is 7. The molecular formula is C33H32N6O3. The molecule has 0 unspecified atom stereocenters. The Morgan fingerprint density at radius 1 is 1.00 bits per heavy atom. The molecule has 6 bridgehead atoms. The van der Waals surface area contributed by atoms with Crippen LogP contribution in [0.15, 0.2) is 104 Å². The Bertz CT molecular complexity index is 1620. The fourth-order valence-electron chi connectivity index (χ4n) is 4.48. The van der Waals surface area contributed by atoms with Gasteiger partial charge in [-0.2, -0.15) is 0 Å². The van der Waals surface area contributed by atoms with E-state index < -0.39 is 0 Å². The number of likely N-dealkylation sites (N-methyl/N-ethyl adjacent to an activating group) is 1. The minimum absolute atomic E-state index is 0.272. The normalized spacial score (nSPS) is 14.2. The number of benzene rings is 3. The molecule has 3 aromatic carbocycles. The van der Waals surface area contributed by atoms with Crippen LogP contribution in [0.2, 0.25) is 0 Å². The lowest BCUT2D eigenvalue weighted by Gasteiger charge is -2.17. The van der Waals surface area contributed by atoms with Crippen molar-refractivity contribution >= 4 is 34.8 Å². The van der Waals surface area contributed by atoms with Gasteiger partial charge < -0.3 is 20.7 Å². The summed E-state index contributed by atoms with van der Waals surface area (Å²) in [5, 5.41) is 8.99. The molecule has 5 rings (SSSR count). The summed E-state index contributed by atoms with van der Waals surface area (Å²) >= 11 is 0. The lowest BCUT2D eigenvalue weighted by Crippen LogP contribution is -2.18. The van der Waals surface area contributed by atoms with Crippen molar-refractivity contribution in [2.45, 2.75) is 13.0 Å². The first kappa shape index (κ1) is 28.3. The smallest absolute Gasteiger partial charge is 0.255 e. The lowest BCUT2D eigenvalue weighted by molar-refractivity contribution is -0.111. The zero-order valence-corrected chi connectivity index (χ0v) is 23.3. The molecule has 0 radical (unpaired) electrons. The third kappa shape index (κ3) is 7.67. The number of ether oxygens (including phenoxy) is 1. The van der Waals surface area contributed by atoms with Crippen LogP contribution in [-0.2, 0) is 11.3 Å². The van der Waals surface area contributed by atoms with Crippen LogP contribution >= 0.6 is 0 Å². The van der Waals surface area contributed by atoms with Crippen molar-refractivity contribution in [3.8, 4) is 17.0 Å². The second-order valence-electron chi connectivity index (χ2n) is 9.87. The molecule has 1 aliphatic rings. The van der Waals surface area contributed by atoms with Crippen LogP contribution in [0.25, 0.3) is 11.3 Å². The van der Waals surface area contributed by atoms with Gasteiger partial charge in [0.05, 0.1) is 12.3 Å². The maximum atomic E-state index is 13.1. The van der Waals surface area contributed by atoms with Crippen LogP contribution in [-0.4, -0.2) is 46.9 Å². The van der Waals surface area contributed by atoms with E-state index in [2.05, 4.69) is 44.6 Å². The summed E-state index contributed by atoms with van der Waals surface area (Å²) in [4.78, 5) is 36.0. The largest absolute Gasteiger partial charge is 0.493 e. The third-order valence-electron chi connectivity index (χ3n) is 6.48. The zero-order chi connectivity index (χ0) is 29.3. The highest BCUT2D eigenvalue weighted by atomic mass is 16.5. The number of anilines is 4. The van der Waals surface area contributed by atoms with Gasteiger partial charge in [0.2, 0.25) is 11.9 Å². The number of amides is 2. The summed E-state index contributed by atoms with van der Waals surface area (Å²) in [5.74, 6) is 0.634. The molecule has 212 valence electrons. The van der Waals surface area contributed by atoms with Crippen molar-refractivity contribution in [1.29, 1.82) is 0 Å². The fourth-order valence-corrected chi connectivity index (χ4v) is 4.48. The Labute approximate surface area is 245 Å². The fraction of sp³-hybridized carbons (Fsp3) is 0.152. The molecule has 9 heteroatoms. The Morgan fingerprint density at radius 3 is 2.69 bits per heavy atom. The van der Waals surface area contributed by atoms with Gasteiger partial charge in [-0.1, -0.05) is 30.9 Å². The summed E-state index contributed by atoms with van der Waals surface area (Å²) in [5.41, 5.74) is 5.09. The van der Waals surface area contributed by atoms with E-state index in [1.54, 1.807) is 30.5 Å². The summed E-state index contributed by atoms with van der Waals surface area (Å²) in [6, 6.07) is 22.2. The zero-order valence-electron chi connectivity index (χ0n) is 23.3. The second kappa shape index (κ2) is 13.4. The van der Waals surface area contributed by atoms with Crippen LogP contribution in [0.1, 0.15) is 22.3 Å². The number of fused-ring (bicyclic) bond motifs is 7. The molecule has 0 saturated heterocycles.